The van der Waals surface area contributed by atoms with E-state index in [0.717, 1.165) is 5.56 Å². The summed E-state index contributed by atoms with van der Waals surface area (Å²) in [5.74, 6) is -0.222. The first-order valence-corrected chi connectivity index (χ1v) is 6.13. The Bertz CT molecular complexity index is 622. The highest BCUT2D eigenvalue weighted by molar-refractivity contribution is 6.31. The molecule has 0 bridgehead atoms. The third kappa shape index (κ3) is 3.26. The van der Waals surface area contributed by atoms with Gasteiger partial charge in [0.05, 0.1) is 12.7 Å². The quantitative estimate of drug-likeness (QED) is 0.663. The van der Waals surface area contributed by atoms with Crippen molar-refractivity contribution in [2.75, 3.05) is 5.32 Å². The van der Waals surface area contributed by atoms with Gasteiger partial charge in [0, 0.05) is 5.02 Å². The molecule has 0 spiro atoms. The van der Waals surface area contributed by atoms with Gasteiger partial charge in [0.25, 0.3) is 5.91 Å². The normalized spacial score (nSPS) is 10.5. The van der Waals surface area contributed by atoms with Crippen LogP contribution in [0.2, 0.25) is 5.02 Å². The Labute approximate surface area is 116 Å². The van der Waals surface area contributed by atoms with Crippen LogP contribution in [0.4, 0.5) is 5.69 Å². The molecule has 2 aromatic rings. The molecule has 0 aliphatic rings. The van der Waals surface area contributed by atoms with E-state index < -0.39 is 0 Å². The highest BCUT2D eigenvalue weighted by atomic mass is 35.5. The summed E-state index contributed by atoms with van der Waals surface area (Å²) in [6.45, 7) is 1.96. The van der Waals surface area contributed by atoms with Crippen LogP contribution in [0.3, 0.4) is 0 Å². The average molecular weight is 281 g/mol. The fourth-order valence-electron chi connectivity index (χ4n) is 1.72. The summed E-state index contributed by atoms with van der Waals surface area (Å²) in [4.78, 5) is 11.8. The Morgan fingerprint density at radius 1 is 1.53 bits per heavy atom. The number of phenols is 1. The van der Waals surface area contributed by atoms with Crippen molar-refractivity contribution in [2.24, 2.45) is 7.05 Å². The van der Waals surface area contributed by atoms with Crippen molar-refractivity contribution in [3.63, 3.8) is 0 Å². The maximum atomic E-state index is 11.8. The molecule has 2 rings (SSSR count). The van der Waals surface area contributed by atoms with Gasteiger partial charge in [-0.3, -0.25) is 4.79 Å². The molecule has 0 unspecified atom stereocenters. The molecule has 5 nitrogen and oxygen atoms in total. The third-order valence-electron chi connectivity index (χ3n) is 2.70. The van der Waals surface area contributed by atoms with Crippen LogP contribution in [0.1, 0.15) is 5.56 Å². The molecule has 0 aliphatic carbocycles. The summed E-state index contributed by atoms with van der Waals surface area (Å²) < 4.78 is 3.58. The molecule has 2 N–H and O–H groups in total. The number of hydrogen-bond donors (Lipinski definition) is 2. The first-order chi connectivity index (χ1) is 8.95. The van der Waals surface area contributed by atoms with Crippen LogP contribution in [-0.4, -0.2) is 15.6 Å². The Balaban J connectivity index is 2.09. The average Bonchev–Trinajstić information content (AvgIpc) is 2.71. The maximum Gasteiger partial charge on any atom is 0.266 e. The van der Waals surface area contributed by atoms with Crippen molar-refractivity contribution < 1.29 is 14.5 Å². The zero-order valence-electron chi connectivity index (χ0n) is 10.7. The second-order valence-corrected chi connectivity index (χ2v) is 4.83. The van der Waals surface area contributed by atoms with Gasteiger partial charge in [-0.2, -0.15) is 0 Å². The lowest BCUT2D eigenvalue weighted by atomic mass is 10.2. The monoisotopic (exact) mass is 280 g/mol. The van der Waals surface area contributed by atoms with Crippen molar-refractivity contribution in [1.82, 2.24) is 4.57 Å². The molecule has 19 heavy (non-hydrogen) atoms. The van der Waals surface area contributed by atoms with Crippen LogP contribution in [0, 0.1) is 6.92 Å². The van der Waals surface area contributed by atoms with Gasteiger partial charge in [-0.15, -0.1) is 0 Å². The number of aromatic hydroxyl groups is 1. The standard InChI is InChI=1S/C13H14ClN3O2/c1-9-5-12(18)11(6-10(9)14)15-13(19)7-17-4-3-16(2)8-17/h3-6,8H,7H2,1-2H3,(H-,15,18,19)/p+1. The molecule has 1 aromatic heterocycles. The molecule has 6 heteroatoms. The highest BCUT2D eigenvalue weighted by Crippen LogP contribution is 2.29. The number of aromatic nitrogens is 2. The number of nitrogens with zero attached hydrogens (tertiary/aromatic N) is 2. The smallest absolute Gasteiger partial charge is 0.266 e. The van der Waals surface area contributed by atoms with Crippen LogP contribution >= 0.6 is 11.6 Å². The number of anilines is 1. The molecule has 0 radical (unpaired) electrons. The Morgan fingerprint density at radius 3 is 2.89 bits per heavy atom. The lowest BCUT2D eigenvalue weighted by Gasteiger charge is -2.08. The van der Waals surface area contributed by atoms with E-state index >= 15 is 0 Å². The summed E-state index contributed by atoms with van der Waals surface area (Å²) >= 11 is 5.96. The van der Waals surface area contributed by atoms with Crippen LogP contribution < -0.4 is 9.88 Å². The number of carbonyl (C=O) groups is 1. The maximum absolute atomic E-state index is 11.8. The number of halogens is 1. The zero-order valence-corrected chi connectivity index (χ0v) is 11.5. The number of benzene rings is 1. The van der Waals surface area contributed by atoms with Crippen molar-refractivity contribution in [1.29, 1.82) is 0 Å². The van der Waals surface area contributed by atoms with E-state index in [0.29, 0.717) is 10.7 Å². The van der Waals surface area contributed by atoms with Crippen LogP contribution in [0.5, 0.6) is 5.75 Å². The molecular formula is C13H15ClN3O2+. The molecule has 100 valence electrons. The predicted octanol–water partition coefficient (Wildman–Crippen LogP) is 1.62. The van der Waals surface area contributed by atoms with Crippen molar-refractivity contribution in [3.05, 3.63) is 41.4 Å². The Morgan fingerprint density at radius 2 is 2.26 bits per heavy atom. The van der Waals surface area contributed by atoms with Gasteiger partial charge in [-0.25, -0.2) is 9.13 Å². The van der Waals surface area contributed by atoms with Crippen molar-refractivity contribution in [2.45, 2.75) is 13.5 Å². The molecule has 0 atom stereocenters. The van der Waals surface area contributed by atoms with Crippen LogP contribution in [0.15, 0.2) is 30.9 Å². The van der Waals surface area contributed by atoms with Crippen molar-refractivity contribution >= 4 is 23.2 Å². The van der Waals surface area contributed by atoms with E-state index in [4.69, 9.17) is 11.6 Å². The molecule has 0 saturated carbocycles. The van der Waals surface area contributed by atoms with E-state index in [9.17, 15) is 9.90 Å². The second-order valence-electron chi connectivity index (χ2n) is 4.42. The number of phenolic OH excluding ortho intramolecular Hbond substituents is 1. The number of hydrogen-bond acceptors (Lipinski definition) is 2. The topological polar surface area (TPSA) is 58.1 Å². The molecule has 1 aromatic carbocycles. The fraction of sp³-hybridized carbons (Fsp3) is 0.231. The second kappa shape index (κ2) is 5.32. The minimum atomic E-state index is -0.230. The minimum absolute atomic E-state index is 0.00770. The lowest BCUT2D eigenvalue weighted by molar-refractivity contribution is -0.671. The van der Waals surface area contributed by atoms with Gasteiger partial charge in [-0.05, 0) is 24.6 Å². The van der Waals surface area contributed by atoms with Gasteiger partial charge in [0.2, 0.25) is 6.33 Å². The molecule has 0 fully saturated rings. The minimum Gasteiger partial charge on any atom is -0.506 e. The van der Waals surface area contributed by atoms with Gasteiger partial charge in [-0.1, -0.05) is 11.6 Å². The summed E-state index contributed by atoms with van der Waals surface area (Å²) in [5.41, 5.74) is 1.08. The molecule has 0 saturated heterocycles. The van der Waals surface area contributed by atoms with Crippen molar-refractivity contribution in [3.8, 4) is 5.75 Å². The van der Waals surface area contributed by atoms with Gasteiger partial charge in [0.1, 0.15) is 18.1 Å². The van der Waals surface area contributed by atoms with E-state index in [2.05, 4.69) is 5.32 Å². The number of nitrogens with one attached hydrogen (secondary N) is 1. The molecule has 1 amide bonds. The van der Waals surface area contributed by atoms with E-state index in [1.165, 1.54) is 6.07 Å². The lowest BCUT2D eigenvalue weighted by Crippen LogP contribution is -2.25. The number of aryl methyl sites for hydroxylation is 2. The predicted molar refractivity (Wildman–Crippen MR) is 72.1 cm³/mol. The highest BCUT2D eigenvalue weighted by Gasteiger charge is 2.12. The van der Waals surface area contributed by atoms with E-state index in [1.807, 2.05) is 17.8 Å². The van der Waals surface area contributed by atoms with Gasteiger partial charge >= 0.3 is 0 Å². The number of carbonyl (C=O) groups excluding carboxylic acids is 1. The first-order valence-electron chi connectivity index (χ1n) is 5.75. The number of rotatable bonds is 3. The summed E-state index contributed by atoms with van der Waals surface area (Å²) in [5, 5.41) is 12.9. The van der Waals surface area contributed by atoms with Gasteiger partial charge < -0.3 is 10.4 Å². The Kier molecular flexibility index (Phi) is 3.76. The molecule has 0 aliphatic heterocycles. The largest absolute Gasteiger partial charge is 0.506 e. The zero-order chi connectivity index (χ0) is 14.0. The number of amides is 1. The third-order valence-corrected chi connectivity index (χ3v) is 3.11. The van der Waals surface area contributed by atoms with Gasteiger partial charge in [0.15, 0.2) is 6.54 Å². The van der Waals surface area contributed by atoms with E-state index in [-0.39, 0.29) is 18.2 Å². The summed E-state index contributed by atoms with van der Waals surface area (Å²) in [7, 11) is 1.87. The SMILES string of the molecule is Cc1cc(O)c(NC(=O)Cn2cc[n+](C)c2)cc1Cl. The fourth-order valence-corrected chi connectivity index (χ4v) is 1.88. The summed E-state index contributed by atoms with van der Waals surface area (Å²) in [6, 6.07) is 3.06. The van der Waals surface area contributed by atoms with Crippen LogP contribution in [0.25, 0.3) is 0 Å². The molecule has 1 heterocycles. The summed E-state index contributed by atoms with van der Waals surface area (Å²) in [6.07, 6.45) is 5.43. The molecular weight excluding hydrogens is 266 g/mol. The van der Waals surface area contributed by atoms with E-state index in [1.54, 1.807) is 30.1 Å². The first kappa shape index (κ1) is 13.4. The number of imidazole rings is 1. The van der Waals surface area contributed by atoms with Crippen LogP contribution in [-0.2, 0) is 18.4 Å². The Hall–Kier alpha value is -2.01.